The maximum atomic E-state index is 6.04. The first-order valence-corrected chi connectivity index (χ1v) is 6.35. The highest BCUT2D eigenvalue weighted by atomic mass is 16.5. The molecule has 4 nitrogen and oxygen atoms in total. The quantitative estimate of drug-likeness (QED) is 0.728. The molecule has 0 aliphatic carbocycles. The Bertz CT molecular complexity index is 238. The highest BCUT2D eigenvalue weighted by Gasteiger charge is 2.43. The van der Waals surface area contributed by atoms with Crippen molar-refractivity contribution in [3.63, 3.8) is 0 Å². The lowest BCUT2D eigenvalue weighted by Crippen LogP contribution is -2.61. The summed E-state index contributed by atoms with van der Waals surface area (Å²) in [7, 11) is 2.19. The molecular weight excluding hydrogens is 202 g/mol. The van der Waals surface area contributed by atoms with Crippen molar-refractivity contribution in [3.8, 4) is 0 Å². The summed E-state index contributed by atoms with van der Waals surface area (Å²) in [6.07, 6.45) is 1.86. The van der Waals surface area contributed by atoms with Crippen molar-refractivity contribution < 1.29 is 4.74 Å². The minimum atomic E-state index is 0.195. The molecule has 0 aromatic heterocycles. The second kappa shape index (κ2) is 4.61. The van der Waals surface area contributed by atoms with E-state index in [0.717, 1.165) is 32.7 Å². The van der Waals surface area contributed by atoms with Crippen LogP contribution in [0.5, 0.6) is 0 Å². The summed E-state index contributed by atoms with van der Waals surface area (Å²) in [6, 6.07) is 0. The average Bonchev–Trinajstić information content (AvgIpc) is 2.60. The molecule has 2 aliphatic rings. The van der Waals surface area contributed by atoms with Crippen molar-refractivity contribution in [1.29, 1.82) is 0 Å². The molecule has 0 radical (unpaired) electrons. The molecule has 4 heteroatoms. The van der Waals surface area contributed by atoms with Gasteiger partial charge in [-0.25, -0.2) is 0 Å². The number of likely N-dealkylation sites (N-methyl/N-ethyl adjacent to an activating group) is 1. The zero-order valence-electron chi connectivity index (χ0n) is 10.8. The van der Waals surface area contributed by atoms with Gasteiger partial charge in [-0.1, -0.05) is 0 Å². The minimum absolute atomic E-state index is 0.195. The number of morpholine rings is 1. The Morgan fingerprint density at radius 1 is 1.31 bits per heavy atom. The maximum Gasteiger partial charge on any atom is 0.0678 e. The SMILES string of the molecule is CC1CN(C2(CN)CCN(C)C2)CC(C)O1. The summed E-state index contributed by atoms with van der Waals surface area (Å²) in [4.78, 5) is 4.95. The van der Waals surface area contributed by atoms with Gasteiger partial charge in [-0.05, 0) is 33.9 Å². The van der Waals surface area contributed by atoms with E-state index in [9.17, 15) is 0 Å². The molecule has 3 unspecified atom stereocenters. The molecule has 0 amide bonds. The summed E-state index contributed by atoms with van der Waals surface area (Å²) >= 11 is 0. The number of hydrogen-bond acceptors (Lipinski definition) is 4. The van der Waals surface area contributed by atoms with E-state index in [1.807, 2.05) is 0 Å². The summed E-state index contributed by atoms with van der Waals surface area (Å²) in [5, 5.41) is 0. The van der Waals surface area contributed by atoms with Gasteiger partial charge in [0.25, 0.3) is 0 Å². The van der Waals surface area contributed by atoms with Crippen molar-refractivity contribution in [2.45, 2.75) is 38.0 Å². The second-order valence-corrected chi connectivity index (χ2v) is 5.58. The lowest BCUT2D eigenvalue weighted by molar-refractivity contribution is -0.0982. The van der Waals surface area contributed by atoms with Crippen LogP contribution in [0.15, 0.2) is 0 Å². The fraction of sp³-hybridized carbons (Fsp3) is 1.00. The van der Waals surface area contributed by atoms with E-state index in [0.29, 0.717) is 12.2 Å². The second-order valence-electron chi connectivity index (χ2n) is 5.58. The number of hydrogen-bond donors (Lipinski definition) is 1. The van der Waals surface area contributed by atoms with Crippen LogP contribution in [-0.4, -0.2) is 67.3 Å². The molecular formula is C12H25N3O. The molecule has 2 rings (SSSR count). The molecule has 3 atom stereocenters. The van der Waals surface area contributed by atoms with Crippen LogP contribution in [0.25, 0.3) is 0 Å². The van der Waals surface area contributed by atoms with Gasteiger partial charge in [0.1, 0.15) is 0 Å². The van der Waals surface area contributed by atoms with Crippen molar-refractivity contribution in [3.05, 3.63) is 0 Å². The predicted octanol–water partition coefficient (Wildman–Crippen LogP) is 0.129. The third-order valence-electron chi connectivity index (χ3n) is 3.99. The first-order chi connectivity index (χ1) is 7.55. The monoisotopic (exact) mass is 227 g/mol. The Labute approximate surface area is 98.7 Å². The molecule has 2 N–H and O–H groups in total. The topological polar surface area (TPSA) is 41.7 Å². The van der Waals surface area contributed by atoms with Gasteiger partial charge in [0, 0.05) is 31.7 Å². The van der Waals surface area contributed by atoms with E-state index in [1.54, 1.807) is 0 Å². The molecule has 2 fully saturated rings. The van der Waals surface area contributed by atoms with Crippen molar-refractivity contribution in [2.24, 2.45) is 5.73 Å². The average molecular weight is 227 g/mol. The Morgan fingerprint density at radius 3 is 2.38 bits per heavy atom. The van der Waals surface area contributed by atoms with Crippen LogP contribution in [0, 0.1) is 0 Å². The summed E-state index contributed by atoms with van der Waals surface area (Å²) in [6.45, 7) is 9.39. The van der Waals surface area contributed by atoms with Gasteiger partial charge in [-0.2, -0.15) is 0 Å². The number of likely N-dealkylation sites (tertiary alicyclic amines) is 1. The van der Waals surface area contributed by atoms with Gasteiger partial charge in [0.05, 0.1) is 12.2 Å². The van der Waals surface area contributed by atoms with E-state index in [-0.39, 0.29) is 5.54 Å². The van der Waals surface area contributed by atoms with Crippen molar-refractivity contribution >= 4 is 0 Å². The highest BCUT2D eigenvalue weighted by Crippen LogP contribution is 2.29. The van der Waals surface area contributed by atoms with Crippen LogP contribution in [-0.2, 0) is 4.74 Å². The van der Waals surface area contributed by atoms with Crippen LogP contribution in [0.2, 0.25) is 0 Å². The molecule has 0 aromatic rings. The Balaban J connectivity index is 2.09. The third kappa shape index (κ3) is 2.25. The van der Waals surface area contributed by atoms with Crippen LogP contribution in [0.1, 0.15) is 20.3 Å². The lowest BCUT2D eigenvalue weighted by Gasteiger charge is -2.46. The molecule has 94 valence electrons. The molecule has 0 saturated carbocycles. The van der Waals surface area contributed by atoms with Gasteiger partial charge in [-0.15, -0.1) is 0 Å². The number of nitrogens with two attached hydrogens (primary N) is 1. The van der Waals surface area contributed by atoms with E-state index < -0.39 is 0 Å². The zero-order chi connectivity index (χ0) is 11.8. The van der Waals surface area contributed by atoms with Crippen LogP contribution >= 0.6 is 0 Å². The number of rotatable bonds is 2. The minimum Gasteiger partial charge on any atom is -0.373 e. The van der Waals surface area contributed by atoms with Crippen LogP contribution in [0.3, 0.4) is 0 Å². The third-order valence-corrected chi connectivity index (χ3v) is 3.99. The van der Waals surface area contributed by atoms with Gasteiger partial charge in [0.15, 0.2) is 0 Å². The van der Waals surface area contributed by atoms with Gasteiger partial charge in [-0.3, -0.25) is 4.90 Å². The van der Waals surface area contributed by atoms with Gasteiger partial charge in [0.2, 0.25) is 0 Å². The molecule has 0 aromatic carbocycles. The molecule has 2 heterocycles. The zero-order valence-corrected chi connectivity index (χ0v) is 10.8. The van der Waals surface area contributed by atoms with Crippen LogP contribution < -0.4 is 5.73 Å². The van der Waals surface area contributed by atoms with Gasteiger partial charge >= 0.3 is 0 Å². The molecule has 2 aliphatic heterocycles. The van der Waals surface area contributed by atoms with Gasteiger partial charge < -0.3 is 15.4 Å². The molecule has 2 saturated heterocycles. The number of ether oxygens (including phenoxy) is 1. The standard InChI is InChI=1S/C12H25N3O/c1-10-6-15(7-11(2)16-10)12(8-13)4-5-14(3)9-12/h10-11H,4-9,13H2,1-3H3. The fourth-order valence-corrected chi connectivity index (χ4v) is 3.18. The Hall–Kier alpha value is -0.160. The largest absolute Gasteiger partial charge is 0.373 e. The smallest absolute Gasteiger partial charge is 0.0678 e. The normalized spacial score (nSPS) is 42.8. The van der Waals surface area contributed by atoms with Crippen molar-refractivity contribution in [1.82, 2.24) is 9.80 Å². The first-order valence-electron chi connectivity index (χ1n) is 6.35. The summed E-state index contributed by atoms with van der Waals surface area (Å²) in [5.41, 5.74) is 6.24. The van der Waals surface area contributed by atoms with E-state index >= 15 is 0 Å². The van der Waals surface area contributed by atoms with E-state index in [1.165, 1.54) is 6.42 Å². The Kier molecular flexibility index (Phi) is 3.54. The van der Waals surface area contributed by atoms with E-state index in [4.69, 9.17) is 10.5 Å². The molecule has 16 heavy (non-hydrogen) atoms. The summed E-state index contributed by atoms with van der Waals surface area (Å²) in [5.74, 6) is 0. The molecule has 0 spiro atoms. The Morgan fingerprint density at radius 2 is 1.94 bits per heavy atom. The molecule has 0 bridgehead atoms. The number of nitrogens with zero attached hydrogens (tertiary/aromatic N) is 2. The predicted molar refractivity (Wildman–Crippen MR) is 65.5 cm³/mol. The van der Waals surface area contributed by atoms with Crippen LogP contribution in [0.4, 0.5) is 0 Å². The lowest BCUT2D eigenvalue weighted by atomic mass is 9.94. The summed E-state index contributed by atoms with van der Waals surface area (Å²) < 4.78 is 5.80. The fourth-order valence-electron chi connectivity index (χ4n) is 3.18. The maximum absolute atomic E-state index is 6.04. The van der Waals surface area contributed by atoms with Crippen molar-refractivity contribution in [2.75, 3.05) is 39.8 Å². The van der Waals surface area contributed by atoms with E-state index in [2.05, 4.69) is 30.7 Å². The first kappa shape index (κ1) is 12.3. The highest BCUT2D eigenvalue weighted by molar-refractivity contribution is 5.01.